The molecule has 0 aliphatic heterocycles. The first-order chi connectivity index (χ1) is 8.74. The number of anilines is 1. The topological polar surface area (TPSA) is 69.3 Å². The highest BCUT2D eigenvalue weighted by Gasteiger charge is 1.99. The molecule has 1 aromatic heterocycles. The number of rotatable bonds is 3. The van der Waals surface area contributed by atoms with Gasteiger partial charge < -0.3 is 10.3 Å². The van der Waals surface area contributed by atoms with Crippen LogP contribution in [0.1, 0.15) is 5.69 Å². The van der Waals surface area contributed by atoms with Gasteiger partial charge in [0, 0.05) is 16.4 Å². The highest BCUT2D eigenvalue weighted by Crippen LogP contribution is 2.13. The molecule has 0 unspecified atom stereocenters. The van der Waals surface area contributed by atoms with Gasteiger partial charge in [0.15, 0.2) is 0 Å². The van der Waals surface area contributed by atoms with E-state index in [-0.39, 0.29) is 6.03 Å². The number of amides is 2. The first-order valence-electron chi connectivity index (χ1n) is 5.23. The smallest absolute Gasteiger partial charge is 0.339 e. The molecule has 0 aliphatic rings. The maximum atomic E-state index is 11.5. The quantitative estimate of drug-likeness (QED) is 0.592. The van der Waals surface area contributed by atoms with E-state index in [2.05, 4.69) is 36.8 Å². The molecule has 6 heteroatoms. The van der Waals surface area contributed by atoms with E-state index in [0.717, 1.165) is 10.2 Å². The number of carbonyl (C=O) groups is 1. The molecule has 1 aromatic carbocycles. The van der Waals surface area contributed by atoms with Gasteiger partial charge in [0.1, 0.15) is 0 Å². The Bertz CT molecular complexity index is 534. The second-order valence-electron chi connectivity index (χ2n) is 3.46. The van der Waals surface area contributed by atoms with Crippen molar-refractivity contribution in [3.05, 3.63) is 52.8 Å². The molecule has 2 aromatic rings. The number of carbonyl (C=O) groups excluding carboxylic acids is 1. The summed E-state index contributed by atoms with van der Waals surface area (Å²) in [5.41, 5.74) is 3.89. The van der Waals surface area contributed by atoms with Crippen molar-refractivity contribution < 1.29 is 4.79 Å². The van der Waals surface area contributed by atoms with Crippen LogP contribution in [0.15, 0.2) is 52.2 Å². The van der Waals surface area contributed by atoms with E-state index < -0.39 is 0 Å². The van der Waals surface area contributed by atoms with Crippen molar-refractivity contribution in [2.75, 3.05) is 5.32 Å². The minimum Gasteiger partial charge on any atom is -0.360 e. The second-order valence-corrected chi connectivity index (χ2v) is 4.37. The van der Waals surface area contributed by atoms with Gasteiger partial charge in [0.05, 0.1) is 11.9 Å². The fraction of sp³-hybridized carbons (Fsp3) is 0. The standard InChI is InChI=1S/C12H11BrN4O/c13-9-3-5-10(6-4-9)16-12(18)17-15-8-11-2-1-7-14-11/h1-8,14H,(H2,16,17,18)/b15-8+. The number of benzene rings is 1. The number of H-pyrrole nitrogens is 1. The molecule has 0 radical (unpaired) electrons. The fourth-order valence-electron chi connectivity index (χ4n) is 1.28. The van der Waals surface area contributed by atoms with Crippen molar-refractivity contribution in [3.8, 4) is 0 Å². The Kier molecular flexibility index (Phi) is 4.14. The van der Waals surface area contributed by atoms with Crippen LogP contribution in [0, 0.1) is 0 Å². The zero-order valence-electron chi connectivity index (χ0n) is 9.35. The maximum Gasteiger partial charge on any atom is 0.339 e. The van der Waals surface area contributed by atoms with Crippen molar-refractivity contribution in [1.82, 2.24) is 10.4 Å². The number of aromatic nitrogens is 1. The Balaban J connectivity index is 1.84. The number of nitrogens with one attached hydrogen (secondary N) is 3. The van der Waals surface area contributed by atoms with Gasteiger partial charge in [-0.05, 0) is 36.4 Å². The molecule has 5 nitrogen and oxygen atoms in total. The zero-order chi connectivity index (χ0) is 12.8. The first kappa shape index (κ1) is 12.4. The number of aromatic amines is 1. The number of hydrazone groups is 1. The molecule has 0 saturated carbocycles. The number of urea groups is 1. The molecule has 0 aliphatic carbocycles. The van der Waals surface area contributed by atoms with Gasteiger partial charge >= 0.3 is 6.03 Å². The van der Waals surface area contributed by atoms with Crippen LogP contribution in [0.4, 0.5) is 10.5 Å². The Labute approximate surface area is 112 Å². The van der Waals surface area contributed by atoms with Crippen LogP contribution >= 0.6 is 15.9 Å². The van der Waals surface area contributed by atoms with Crippen LogP contribution in [0.25, 0.3) is 0 Å². The van der Waals surface area contributed by atoms with Gasteiger partial charge in [0.2, 0.25) is 0 Å². The van der Waals surface area contributed by atoms with Crippen LogP contribution in [0.5, 0.6) is 0 Å². The average Bonchev–Trinajstić information content (AvgIpc) is 2.85. The van der Waals surface area contributed by atoms with Crippen LogP contribution in [-0.2, 0) is 0 Å². The predicted molar refractivity (Wildman–Crippen MR) is 74.7 cm³/mol. The lowest BCUT2D eigenvalue weighted by Gasteiger charge is -2.03. The van der Waals surface area contributed by atoms with Crippen LogP contribution in [0.2, 0.25) is 0 Å². The Morgan fingerprint density at radius 3 is 2.72 bits per heavy atom. The highest BCUT2D eigenvalue weighted by molar-refractivity contribution is 9.10. The van der Waals surface area contributed by atoms with Gasteiger partial charge in [0.25, 0.3) is 0 Å². The zero-order valence-corrected chi connectivity index (χ0v) is 10.9. The largest absolute Gasteiger partial charge is 0.360 e. The van der Waals surface area contributed by atoms with Gasteiger partial charge in [-0.15, -0.1) is 0 Å². The highest BCUT2D eigenvalue weighted by atomic mass is 79.9. The SMILES string of the molecule is O=C(N/N=C/c1ccc[nH]1)Nc1ccc(Br)cc1. The lowest BCUT2D eigenvalue weighted by atomic mass is 10.3. The minimum absolute atomic E-state index is 0.389. The number of hydrogen-bond donors (Lipinski definition) is 3. The van der Waals surface area contributed by atoms with E-state index in [0.29, 0.717) is 5.69 Å². The number of nitrogens with zero attached hydrogens (tertiary/aromatic N) is 1. The minimum atomic E-state index is -0.389. The summed E-state index contributed by atoms with van der Waals surface area (Å²) >= 11 is 3.32. The summed E-state index contributed by atoms with van der Waals surface area (Å²) in [4.78, 5) is 14.4. The average molecular weight is 307 g/mol. The summed E-state index contributed by atoms with van der Waals surface area (Å²) in [5.74, 6) is 0. The van der Waals surface area contributed by atoms with E-state index in [4.69, 9.17) is 0 Å². The normalized spacial score (nSPS) is 10.5. The molecule has 0 bridgehead atoms. The molecule has 1 heterocycles. The molecule has 0 saturated heterocycles. The third kappa shape index (κ3) is 3.74. The van der Waals surface area contributed by atoms with Crippen molar-refractivity contribution >= 4 is 33.9 Å². The van der Waals surface area contributed by atoms with Gasteiger partial charge in [-0.1, -0.05) is 15.9 Å². The third-order valence-electron chi connectivity index (χ3n) is 2.09. The van der Waals surface area contributed by atoms with Crippen LogP contribution < -0.4 is 10.7 Å². The number of halogens is 1. The molecule has 2 amide bonds. The molecule has 3 N–H and O–H groups in total. The summed E-state index contributed by atoms with van der Waals surface area (Å²) in [5, 5.41) is 6.45. The number of hydrogen-bond acceptors (Lipinski definition) is 2. The Hall–Kier alpha value is -2.08. The third-order valence-corrected chi connectivity index (χ3v) is 2.62. The molecule has 18 heavy (non-hydrogen) atoms. The summed E-state index contributed by atoms with van der Waals surface area (Å²) in [7, 11) is 0. The van der Waals surface area contributed by atoms with E-state index in [9.17, 15) is 4.79 Å². The fourth-order valence-corrected chi connectivity index (χ4v) is 1.54. The van der Waals surface area contributed by atoms with Crippen LogP contribution in [-0.4, -0.2) is 17.2 Å². The maximum absolute atomic E-state index is 11.5. The lowest BCUT2D eigenvalue weighted by Crippen LogP contribution is -2.24. The van der Waals surface area contributed by atoms with E-state index in [1.807, 2.05) is 24.3 Å². The van der Waals surface area contributed by atoms with Gasteiger partial charge in [-0.25, -0.2) is 10.2 Å². The van der Waals surface area contributed by atoms with E-state index >= 15 is 0 Å². The predicted octanol–water partition coefficient (Wildman–Crippen LogP) is 2.93. The second kappa shape index (κ2) is 6.02. The molecule has 0 spiro atoms. The van der Waals surface area contributed by atoms with Gasteiger partial charge in [-0.3, -0.25) is 0 Å². The molecular weight excluding hydrogens is 296 g/mol. The van der Waals surface area contributed by atoms with E-state index in [1.165, 1.54) is 6.21 Å². The molecule has 0 fully saturated rings. The van der Waals surface area contributed by atoms with Crippen molar-refractivity contribution in [1.29, 1.82) is 0 Å². The van der Waals surface area contributed by atoms with Crippen LogP contribution in [0.3, 0.4) is 0 Å². The summed E-state index contributed by atoms with van der Waals surface area (Å²) in [6.45, 7) is 0. The van der Waals surface area contributed by atoms with Crippen molar-refractivity contribution in [2.45, 2.75) is 0 Å². The Morgan fingerprint density at radius 1 is 1.28 bits per heavy atom. The molecular formula is C12H11BrN4O. The van der Waals surface area contributed by atoms with Crippen molar-refractivity contribution in [2.24, 2.45) is 5.10 Å². The molecule has 2 rings (SSSR count). The van der Waals surface area contributed by atoms with Crippen molar-refractivity contribution in [3.63, 3.8) is 0 Å². The summed E-state index contributed by atoms with van der Waals surface area (Å²) in [6.07, 6.45) is 3.31. The Morgan fingerprint density at radius 2 is 2.06 bits per heavy atom. The van der Waals surface area contributed by atoms with Gasteiger partial charge in [-0.2, -0.15) is 5.10 Å². The monoisotopic (exact) mass is 306 g/mol. The van der Waals surface area contributed by atoms with E-state index in [1.54, 1.807) is 18.3 Å². The lowest BCUT2D eigenvalue weighted by molar-refractivity contribution is 0.252. The first-order valence-corrected chi connectivity index (χ1v) is 6.02. The summed E-state index contributed by atoms with van der Waals surface area (Å²) in [6, 6.07) is 10.6. The molecule has 0 atom stereocenters. The molecule has 92 valence electrons. The summed E-state index contributed by atoms with van der Waals surface area (Å²) < 4.78 is 0.957.